The van der Waals surface area contributed by atoms with Crippen LogP contribution < -0.4 is 26.2 Å². The van der Waals surface area contributed by atoms with Gasteiger partial charge in [-0.2, -0.15) is 0 Å². The summed E-state index contributed by atoms with van der Waals surface area (Å²) in [5.74, 6) is 1.76. The molecule has 5 heteroatoms. The molecule has 0 bridgehead atoms. The van der Waals surface area contributed by atoms with Crippen molar-refractivity contribution in [2.24, 2.45) is 0 Å². The molecule has 0 fully saturated rings. The van der Waals surface area contributed by atoms with Gasteiger partial charge in [-0.15, -0.1) is 0 Å². The minimum atomic E-state index is -0.0539. The van der Waals surface area contributed by atoms with Crippen LogP contribution in [0.5, 0.6) is 0 Å². The third kappa shape index (κ3) is 5.87. The molecule has 10 rings (SSSR count). The molecule has 0 spiro atoms. The van der Waals surface area contributed by atoms with Gasteiger partial charge < -0.3 is 13.7 Å². The number of rotatable bonds is 3. The van der Waals surface area contributed by atoms with Crippen LogP contribution in [0.3, 0.4) is 0 Å². The number of anilines is 6. The Hall–Kier alpha value is -5.94. The predicted octanol–water partition coefficient (Wildman–Crippen LogP) is 13.4. The summed E-state index contributed by atoms with van der Waals surface area (Å²) < 4.78 is 13.6. The molecule has 4 nitrogen and oxygen atoms in total. The number of aryl methyl sites for hydroxylation is 2. The average molecular weight is 773 g/mol. The molecule has 0 unspecified atom stereocenters. The van der Waals surface area contributed by atoms with Gasteiger partial charge >= 0.3 is 0 Å². The van der Waals surface area contributed by atoms with Crippen LogP contribution in [0, 0.1) is 13.8 Å². The summed E-state index contributed by atoms with van der Waals surface area (Å²) in [6, 6.07) is 45.0. The van der Waals surface area contributed by atoms with Gasteiger partial charge in [0.2, 0.25) is 5.88 Å². The van der Waals surface area contributed by atoms with Crippen LogP contribution in [0.2, 0.25) is 0 Å². The lowest BCUT2D eigenvalue weighted by Crippen LogP contribution is -2.61. The molecule has 2 aliphatic heterocycles. The number of furan rings is 2. The summed E-state index contributed by atoms with van der Waals surface area (Å²) in [6.07, 6.45) is 0. The zero-order chi connectivity index (χ0) is 41.3. The summed E-state index contributed by atoms with van der Waals surface area (Å²) in [4.78, 5) is 4.92. The van der Waals surface area contributed by atoms with E-state index in [4.69, 9.17) is 8.83 Å². The highest BCUT2D eigenvalue weighted by molar-refractivity contribution is 7.01. The van der Waals surface area contributed by atoms with E-state index in [0.717, 1.165) is 61.9 Å². The summed E-state index contributed by atoms with van der Waals surface area (Å²) in [5.41, 5.74) is 18.7. The Labute approximate surface area is 349 Å². The molecule has 2 aromatic heterocycles. The van der Waals surface area contributed by atoms with Gasteiger partial charge in [-0.1, -0.05) is 117 Å². The third-order valence-electron chi connectivity index (χ3n) is 12.8. The number of para-hydroxylation sites is 1. The largest absolute Gasteiger partial charge is 0.456 e. The smallest absolute Gasteiger partial charge is 0.257 e. The molecule has 4 heterocycles. The van der Waals surface area contributed by atoms with Gasteiger partial charge in [-0.25, -0.2) is 0 Å². The van der Waals surface area contributed by atoms with Gasteiger partial charge in [-0.05, 0) is 136 Å². The lowest BCUT2D eigenvalue weighted by atomic mass is 9.33. The average Bonchev–Trinajstić information content (AvgIpc) is 3.79. The van der Waals surface area contributed by atoms with Crippen LogP contribution in [0.15, 0.2) is 130 Å². The van der Waals surface area contributed by atoms with Crippen molar-refractivity contribution < 1.29 is 8.83 Å². The van der Waals surface area contributed by atoms with Crippen molar-refractivity contribution >= 4 is 79.4 Å². The second-order valence-electron chi connectivity index (χ2n) is 20.0. The van der Waals surface area contributed by atoms with E-state index in [-0.39, 0.29) is 23.0 Å². The molecule has 8 aromatic rings. The molecule has 0 atom stereocenters. The van der Waals surface area contributed by atoms with Crippen LogP contribution in [-0.4, -0.2) is 6.71 Å². The first-order valence-corrected chi connectivity index (χ1v) is 21.1. The number of benzene rings is 6. The lowest BCUT2D eigenvalue weighted by Gasteiger charge is -2.43. The monoisotopic (exact) mass is 772 g/mol. The highest BCUT2D eigenvalue weighted by Crippen LogP contribution is 2.48. The summed E-state index contributed by atoms with van der Waals surface area (Å²) in [5, 5.41) is 2.28. The van der Waals surface area contributed by atoms with Gasteiger partial charge in [0.1, 0.15) is 16.9 Å². The maximum Gasteiger partial charge on any atom is 0.257 e. The van der Waals surface area contributed by atoms with E-state index in [1.807, 2.05) is 12.1 Å². The molecule has 0 aliphatic carbocycles. The zero-order valence-corrected chi connectivity index (χ0v) is 36.3. The molecule has 0 N–H and O–H groups in total. The Morgan fingerprint density at radius 3 is 1.76 bits per heavy atom. The molecular weight excluding hydrogens is 719 g/mol. The van der Waals surface area contributed by atoms with Gasteiger partial charge in [0.15, 0.2) is 0 Å². The first-order valence-electron chi connectivity index (χ1n) is 21.1. The van der Waals surface area contributed by atoms with Gasteiger partial charge in [-0.3, -0.25) is 4.90 Å². The predicted molar refractivity (Wildman–Crippen MR) is 251 cm³/mol. The van der Waals surface area contributed by atoms with Crippen LogP contribution in [0.4, 0.5) is 34.3 Å². The fourth-order valence-corrected chi connectivity index (χ4v) is 9.58. The summed E-state index contributed by atoms with van der Waals surface area (Å²) in [7, 11) is 0. The van der Waals surface area contributed by atoms with E-state index >= 15 is 0 Å². The van der Waals surface area contributed by atoms with E-state index in [0.29, 0.717) is 0 Å². The fraction of sp³-hybridized carbons (Fsp3) is 0.259. The van der Waals surface area contributed by atoms with Crippen LogP contribution in [0.1, 0.15) is 90.1 Å². The Morgan fingerprint density at radius 2 is 1.10 bits per heavy atom. The standard InChI is InChI=1S/C54H53BN2O2/c1-32-27-35(47-29-34-15-12-13-18-45(34)58-47)28-33(2)50(32)57-44-17-14-16-43-49(44)55(48-40-30-37(53(6,7)8)22-26-46(40)59-51(48)57)41-31-38(54(9,10)11)21-25-42(41)56(43)39-23-19-36(20-24-39)52(3,4)5/h12-31H,1-11H3. The van der Waals surface area contributed by atoms with Crippen molar-refractivity contribution in [3.63, 3.8) is 0 Å². The second kappa shape index (κ2) is 12.8. The zero-order valence-electron chi connectivity index (χ0n) is 36.3. The SMILES string of the molecule is Cc1cc(-c2cc3ccccc3o2)cc(C)c1N1c2cccc3c2B(c2cc(C(C)(C)C)ccc2N3c2ccc(C(C)(C)C)cc2)c2c1oc1ccc(C(C)(C)C)cc21. The van der Waals surface area contributed by atoms with Crippen molar-refractivity contribution in [1.29, 1.82) is 0 Å². The number of fused-ring (bicyclic) bond motifs is 7. The molecule has 6 aromatic carbocycles. The van der Waals surface area contributed by atoms with Crippen molar-refractivity contribution in [3.8, 4) is 11.3 Å². The molecular formula is C54H53BN2O2. The maximum atomic E-state index is 7.21. The van der Waals surface area contributed by atoms with Crippen LogP contribution in [-0.2, 0) is 16.2 Å². The minimum absolute atomic E-state index is 0.0324. The third-order valence-corrected chi connectivity index (χ3v) is 12.8. The minimum Gasteiger partial charge on any atom is -0.456 e. The summed E-state index contributed by atoms with van der Waals surface area (Å²) >= 11 is 0. The van der Waals surface area contributed by atoms with Crippen LogP contribution >= 0.6 is 0 Å². The first kappa shape index (κ1) is 37.3. The van der Waals surface area contributed by atoms with E-state index in [2.05, 4.69) is 195 Å². The normalized spacial score (nSPS) is 13.9. The highest BCUT2D eigenvalue weighted by atomic mass is 16.4. The fourth-order valence-electron chi connectivity index (χ4n) is 9.58. The van der Waals surface area contributed by atoms with E-state index in [9.17, 15) is 0 Å². The maximum absolute atomic E-state index is 7.21. The molecule has 0 amide bonds. The Morgan fingerprint density at radius 1 is 0.492 bits per heavy atom. The first-order chi connectivity index (χ1) is 28.0. The number of nitrogens with zero attached hydrogens (tertiary/aromatic N) is 2. The van der Waals surface area contributed by atoms with Gasteiger partial charge in [0, 0.05) is 44.5 Å². The number of hydrogen-bond donors (Lipinski definition) is 0. The molecule has 59 heavy (non-hydrogen) atoms. The Balaban J connectivity index is 1.27. The second-order valence-corrected chi connectivity index (χ2v) is 20.0. The van der Waals surface area contributed by atoms with E-state index in [1.54, 1.807) is 0 Å². The molecule has 0 radical (unpaired) electrons. The van der Waals surface area contributed by atoms with Crippen molar-refractivity contribution in [1.82, 2.24) is 0 Å². The van der Waals surface area contributed by atoms with Crippen molar-refractivity contribution in [2.75, 3.05) is 9.80 Å². The van der Waals surface area contributed by atoms with E-state index < -0.39 is 0 Å². The topological polar surface area (TPSA) is 32.8 Å². The Kier molecular flexibility index (Phi) is 8.09. The summed E-state index contributed by atoms with van der Waals surface area (Å²) in [6.45, 7) is 25.1. The van der Waals surface area contributed by atoms with Crippen molar-refractivity contribution in [2.45, 2.75) is 92.4 Å². The Bertz CT molecular complexity index is 2920. The quantitative estimate of drug-likeness (QED) is 0.167. The molecule has 294 valence electrons. The molecule has 2 aliphatic rings. The lowest BCUT2D eigenvalue weighted by molar-refractivity contribution is 0.589. The van der Waals surface area contributed by atoms with Crippen molar-refractivity contribution in [3.05, 3.63) is 149 Å². The van der Waals surface area contributed by atoms with Gasteiger partial charge in [0.25, 0.3) is 6.71 Å². The highest BCUT2D eigenvalue weighted by Gasteiger charge is 2.47. The molecule has 0 saturated carbocycles. The van der Waals surface area contributed by atoms with Gasteiger partial charge in [0.05, 0.1) is 5.69 Å². The van der Waals surface area contributed by atoms with Crippen LogP contribution in [0.25, 0.3) is 33.3 Å². The van der Waals surface area contributed by atoms with E-state index in [1.165, 1.54) is 49.8 Å². The molecule has 0 saturated heterocycles. The number of hydrogen-bond acceptors (Lipinski definition) is 4.